The molecule has 0 aliphatic rings. The molecule has 0 atom stereocenters. The Hall–Kier alpha value is -3.02. The first-order chi connectivity index (χ1) is 22.6. The third kappa shape index (κ3) is 13.9. The van der Waals surface area contributed by atoms with Gasteiger partial charge in [0.2, 0.25) is 0 Å². The van der Waals surface area contributed by atoms with Crippen LogP contribution in [0.2, 0.25) is 0 Å². The van der Waals surface area contributed by atoms with E-state index in [1.807, 2.05) is 6.92 Å². The van der Waals surface area contributed by atoms with E-state index in [0.29, 0.717) is 33.9 Å². The number of hydrogen-bond acceptors (Lipinski definition) is 4. The number of unbranched alkanes of at least 4 members (excludes halogenated alkanes) is 17. The Bertz CT molecular complexity index is 1330. The van der Waals surface area contributed by atoms with E-state index in [2.05, 4.69) is 27.0 Å². The van der Waals surface area contributed by atoms with Gasteiger partial charge in [-0.2, -0.15) is 9.46 Å². The Morgan fingerprint density at radius 2 is 0.723 bits per heavy atom. The minimum Gasteiger partial charge on any atom is -0.428 e. The van der Waals surface area contributed by atoms with Crippen LogP contribution < -0.4 is 10.9 Å². The monoisotopic (exact) mass is 653 g/mol. The van der Waals surface area contributed by atoms with E-state index in [1.165, 1.54) is 102 Å². The molecule has 0 saturated carbocycles. The lowest BCUT2D eigenvalue weighted by atomic mass is 10.00. The lowest BCUT2D eigenvalue weighted by Crippen LogP contribution is -2.22. The minimum absolute atomic E-state index is 0.0193. The first-order valence-electron chi connectivity index (χ1n) is 18.7. The molecule has 6 heteroatoms. The van der Waals surface area contributed by atoms with Crippen LogP contribution in [-0.4, -0.2) is 19.9 Å². The maximum absolute atomic E-state index is 12.6. The topological polar surface area (TPSA) is 84.5 Å². The Morgan fingerprint density at radius 1 is 0.468 bits per heavy atom. The molecule has 2 aromatic rings. The molecule has 2 rings (SSSR count). The molecular formula is C41H68N2O4. The van der Waals surface area contributed by atoms with Crippen LogP contribution in [0.3, 0.4) is 0 Å². The quantitative estimate of drug-likeness (QED) is 0.0924. The molecule has 6 nitrogen and oxygen atoms in total. The van der Waals surface area contributed by atoms with Crippen LogP contribution in [0.25, 0.3) is 12.2 Å². The first kappa shape index (κ1) is 42.0. The number of nitrogens with zero attached hydrogens (tertiary/aromatic N) is 2. The average molecular weight is 653 g/mol. The van der Waals surface area contributed by atoms with Gasteiger partial charge in [-0.1, -0.05) is 148 Å². The summed E-state index contributed by atoms with van der Waals surface area (Å²) in [7, 11) is 0. The first-order valence-corrected chi connectivity index (χ1v) is 18.7. The van der Waals surface area contributed by atoms with Gasteiger partial charge in [0.1, 0.15) is 0 Å². The van der Waals surface area contributed by atoms with Crippen molar-refractivity contribution in [2.24, 2.45) is 0 Å². The fourth-order valence-corrected chi connectivity index (χ4v) is 6.44. The predicted molar refractivity (Wildman–Crippen MR) is 201 cm³/mol. The summed E-state index contributed by atoms with van der Waals surface area (Å²) in [6, 6.07) is 0. The largest absolute Gasteiger partial charge is 0.428 e. The molecule has 2 heterocycles. The van der Waals surface area contributed by atoms with Crippen molar-refractivity contribution in [1.82, 2.24) is 9.46 Å². The summed E-state index contributed by atoms with van der Waals surface area (Å²) >= 11 is 0. The van der Waals surface area contributed by atoms with E-state index < -0.39 is 0 Å². The summed E-state index contributed by atoms with van der Waals surface area (Å²) < 4.78 is 2.25. The van der Waals surface area contributed by atoms with Crippen LogP contribution in [-0.2, 0) is 12.8 Å². The third-order valence-electron chi connectivity index (χ3n) is 9.68. The summed E-state index contributed by atoms with van der Waals surface area (Å²) in [4.78, 5) is 24.9. The molecule has 0 aliphatic carbocycles. The summed E-state index contributed by atoms with van der Waals surface area (Å²) in [5.74, 6) is 0. The third-order valence-corrected chi connectivity index (χ3v) is 9.68. The fraction of sp³-hybridized carbons (Fsp3) is 0.659. The molecule has 0 aliphatic heterocycles. The highest BCUT2D eigenvalue weighted by Gasteiger charge is 2.15. The van der Waals surface area contributed by atoms with Crippen LogP contribution in [0.5, 0.6) is 0 Å². The Morgan fingerprint density at radius 3 is 0.979 bits per heavy atom. The van der Waals surface area contributed by atoms with Crippen molar-refractivity contribution in [3.63, 3.8) is 0 Å². The molecule has 2 aromatic heterocycles. The molecule has 0 spiro atoms. The van der Waals surface area contributed by atoms with Crippen LogP contribution in [0.4, 0.5) is 0 Å². The van der Waals surface area contributed by atoms with Crippen LogP contribution >= 0.6 is 0 Å². The maximum Gasteiger partial charge on any atom is 0.192 e. The summed E-state index contributed by atoms with van der Waals surface area (Å²) in [6.07, 6.45) is 28.9. The average Bonchev–Trinajstić information content (AvgIpc) is 3.06. The van der Waals surface area contributed by atoms with Crippen molar-refractivity contribution in [3.05, 3.63) is 78.6 Å². The van der Waals surface area contributed by atoms with E-state index in [4.69, 9.17) is 0 Å². The number of rotatable bonds is 23. The second kappa shape index (κ2) is 24.2. The lowest BCUT2D eigenvalue weighted by Gasteiger charge is -2.14. The van der Waals surface area contributed by atoms with Crippen LogP contribution in [0.1, 0.15) is 181 Å². The van der Waals surface area contributed by atoms with Crippen molar-refractivity contribution < 1.29 is 10.4 Å². The maximum atomic E-state index is 12.6. The standard InChI is InChI=1S/C25H43NO2.C16H25NO2/c1-5-7-8-9-10-11-12-13-14-15-16-17-18-19-20-24-22(4)26(28)21(3)23(6-2)25(24)27;1-5-7-8-9-10-11-15-13(4)17(19)12(3)14(6-2)16(15)18/h6,28H,2,5,7-20H2,1,3-4H3;6,19H,2,5,7-11H2,1,3-4H3. The molecule has 0 aromatic carbocycles. The molecule has 0 fully saturated rings. The van der Waals surface area contributed by atoms with E-state index in [9.17, 15) is 20.0 Å². The van der Waals surface area contributed by atoms with Crippen molar-refractivity contribution in [1.29, 1.82) is 0 Å². The lowest BCUT2D eigenvalue weighted by molar-refractivity contribution is 0.169. The molecule has 0 radical (unpaired) electrons. The number of pyridine rings is 2. The van der Waals surface area contributed by atoms with Crippen LogP contribution in [0.15, 0.2) is 22.7 Å². The fourth-order valence-electron chi connectivity index (χ4n) is 6.44. The minimum atomic E-state index is 0.0193. The highest BCUT2D eigenvalue weighted by atomic mass is 16.5. The van der Waals surface area contributed by atoms with Gasteiger partial charge >= 0.3 is 0 Å². The molecule has 47 heavy (non-hydrogen) atoms. The van der Waals surface area contributed by atoms with Gasteiger partial charge in [0.15, 0.2) is 10.9 Å². The second-order valence-corrected chi connectivity index (χ2v) is 13.3. The van der Waals surface area contributed by atoms with Crippen LogP contribution in [0, 0.1) is 27.7 Å². The van der Waals surface area contributed by atoms with Gasteiger partial charge in [-0.3, -0.25) is 9.59 Å². The van der Waals surface area contributed by atoms with Gasteiger partial charge in [0.05, 0.1) is 22.8 Å². The van der Waals surface area contributed by atoms with Gasteiger partial charge in [0, 0.05) is 22.3 Å². The number of aromatic nitrogens is 2. The van der Waals surface area contributed by atoms with Gasteiger partial charge in [-0.05, 0) is 53.4 Å². The smallest absolute Gasteiger partial charge is 0.192 e. The SMILES string of the molecule is C=Cc1c(C)n(O)c(C)c(CCCCCCC)c1=O.C=Cc1c(C)n(O)c(C)c(CCCCCCCCCCCCCCCC)c1=O. The van der Waals surface area contributed by atoms with Gasteiger partial charge in [0.25, 0.3) is 0 Å². The Labute approximate surface area is 286 Å². The van der Waals surface area contributed by atoms with Gasteiger partial charge in [-0.15, -0.1) is 0 Å². The van der Waals surface area contributed by atoms with E-state index in [1.54, 1.807) is 26.8 Å². The van der Waals surface area contributed by atoms with E-state index >= 15 is 0 Å². The predicted octanol–water partition coefficient (Wildman–Crippen LogP) is 11.2. The van der Waals surface area contributed by atoms with Crippen molar-refractivity contribution in [2.45, 2.75) is 176 Å². The molecule has 0 unspecified atom stereocenters. The van der Waals surface area contributed by atoms with Gasteiger partial charge < -0.3 is 10.4 Å². The van der Waals surface area contributed by atoms with Crippen molar-refractivity contribution in [3.8, 4) is 0 Å². The summed E-state index contributed by atoms with van der Waals surface area (Å²) in [5, 5.41) is 20.2. The van der Waals surface area contributed by atoms with Crippen molar-refractivity contribution >= 4 is 12.2 Å². The normalized spacial score (nSPS) is 10.9. The highest BCUT2D eigenvalue weighted by molar-refractivity contribution is 5.52. The molecule has 0 saturated heterocycles. The summed E-state index contributed by atoms with van der Waals surface area (Å²) in [5.41, 5.74) is 5.00. The Balaban J connectivity index is 0.000000506. The van der Waals surface area contributed by atoms with Gasteiger partial charge in [-0.25, -0.2) is 0 Å². The highest BCUT2D eigenvalue weighted by Crippen LogP contribution is 2.17. The van der Waals surface area contributed by atoms with E-state index in [-0.39, 0.29) is 10.9 Å². The molecule has 0 amide bonds. The zero-order valence-electron chi connectivity index (χ0n) is 31.0. The van der Waals surface area contributed by atoms with Crippen molar-refractivity contribution in [2.75, 3.05) is 0 Å². The van der Waals surface area contributed by atoms with E-state index in [0.717, 1.165) is 59.1 Å². The molecule has 0 bridgehead atoms. The molecule has 266 valence electrons. The molecule has 2 N–H and O–H groups in total. The second-order valence-electron chi connectivity index (χ2n) is 13.3. The Kier molecular flexibility index (Phi) is 21.6. The summed E-state index contributed by atoms with van der Waals surface area (Å²) in [6.45, 7) is 18.9. The molecular weight excluding hydrogens is 584 g/mol. The zero-order valence-corrected chi connectivity index (χ0v) is 31.0. The zero-order chi connectivity index (χ0) is 35.2. The number of hydrogen-bond donors (Lipinski definition) is 2.